The maximum atomic E-state index is 12.8. The molecule has 2 bridgehead atoms. The molecule has 1 heterocycles. The molecule has 0 spiro atoms. The number of piperidine rings is 1. The zero-order chi connectivity index (χ0) is 20.5. The van der Waals surface area contributed by atoms with E-state index < -0.39 is 44.8 Å². The highest BCUT2D eigenvalue weighted by Gasteiger charge is 2.76. The minimum absolute atomic E-state index is 0.0334. The van der Waals surface area contributed by atoms with Crippen LogP contribution in [0.2, 0.25) is 0 Å². The third-order valence-corrected chi connectivity index (χ3v) is 5.80. The van der Waals surface area contributed by atoms with E-state index >= 15 is 0 Å². The molecule has 28 heavy (non-hydrogen) atoms. The van der Waals surface area contributed by atoms with Gasteiger partial charge in [0, 0.05) is 27.9 Å². The van der Waals surface area contributed by atoms with E-state index in [9.17, 15) is 34.9 Å². The first-order valence-electron chi connectivity index (χ1n) is 8.83. The Hall–Kier alpha value is -2.98. The third-order valence-electron chi connectivity index (χ3n) is 5.80. The quantitative estimate of drug-likeness (QED) is 0.343. The second kappa shape index (κ2) is 7.21. The van der Waals surface area contributed by atoms with E-state index in [1.165, 1.54) is 12.1 Å². The summed E-state index contributed by atoms with van der Waals surface area (Å²) in [4.78, 5) is 48.6. The number of nitrogens with one attached hydrogen (secondary N) is 1. The number of ketones is 2. The topological polar surface area (TPSA) is 145 Å². The van der Waals surface area contributed by atoms with Crippen molar-refractivity contribution in [3.63, 3.8) is 0 Å². The lowest BCUT2D eigenvalue weighted by Gasteiger charge is -2.45. The van der Waals surface area contributed by atoms with E-state index in [0.717, 1.165) is 12.2 Å². The second-order valence-electron chi connectivity index (χ2n) is 7.25. The highest BCUT2D eigenvalue weighted by atomic mass is 16.6. The highest BCUT2D eigenvalue weighted by Crippen LogP contribution is 2.42. The summed E-state index contributed by atoms with van der Waals surface area (Å²) in [5.41, 5.74) is -3.94. The van der Waals surface area contributed by atoms with Crippen LogP contribution in [0.5, 0.6) is 0 Å². The first-order chi connectivity index (χ1) is 13.3. The smallest absolute Gasteiger partial charge is 0.340 e. The molecular weight excluding hydrogens is 370 g/mol. The summed E-state index contributed by atoms with van der Waals surface area (Å²) < 4.78 is 0. The summed E-state index contributed by atoms with van der Waals surface area (Å²) in [6.45, 7) is -0.757. The van der Waals surface area contributed by atoms with Crippen molar-refractivity contribution in [2.45, 2.75) is 17.5 Å². The number of carbonyl (C=O) groups is 2. The first kappa shape index (κ1) is 19.8. The number of aliphatic hydroxyl groups excluding tert-OH is 1. The SMILES string of the molecule is O=C(C[C@H]1[C@]2([N+](=O)[O-])C=CC(=O)[C@@]1([N+](=O)[O-])C[NH+](CCO)C2)c1ccccc1. The highest BCUT2D eigenvalue weighted by molar-refractivity contribution is 6.01. The van der Waals surface area contributed by atoms with Crippen molar-refractivity contribution >= 4 is 11.6 Å². The molecule has 1 aliphatic carbocycles. The van der Waals surface area contributed by atoms with E-state index in [1.807, 2.05) is 0 Å². The number of Topliss-reactive ketones (excluding diaryl/α,β-unsaturated/α-hetero) is 1. The van der Waals surface area contributed by atoms with Crippen LogP contribution in [-0.4, -0.2) is 63.8 Å². The molecule has 3 rings (SSSR count). The number of hydrogen-bond donors (Lipinski definition) is 2. The lowest BCUT2D eigenvalue weighted by Crippen LogP contribution is -3.19. The molecule has 10 nitrogen and oxygen atoms in total. The summed E-state index contributed by atoms with van der Waals surface area (Å²) in [5, 5.41) is 33.4. The summed E-state index contributed by atoms with van der Waals surface area (Å²) in [7, 11) is 0. The Balaban J connectivity index is 2.12. The Bertz CT molecular complexity index is 856. The molecule has 1 saturated heterocycles. The zero-order valence-electron chi connectivity index (χ0n) is 14.9. The molecule has 148 valence electrons. The number of nitrogens with zero attached hydrogens (tertiary/aromatic N) is 2. The Kier molecular flexibility index (Phi) is 5.09. The van der Waals surface area contributed by atoms with Gasteiger partial charge < -0.3 is 10.0 Å². The summed E-state index contributed by atoms with van der Waals surface area (Å²) in [6, 6.07) is 8.00. The van der Waals surface area contributed by atoms with Crippen LogP contribution in [0.15, 0.2) is 42.5 Å². The van der Waals surface area contributed by atoms with E-state index in [4.69, 9.17) is 0 Å². The third kappa shape index (κ3) is 2.90. The van der Waals surface area contributed by atoms with Gasteiger partial charge in [-0.25, -0.2) is 0 Å². The fourth-order valence-corrected chi connectivity index (χ4v) is 4.44. The lowest BCUT2D eigenvalue weighted by atomic mass is 9.60. The van der Waals surface area contributed by atoms with Crippen LogP contribution in [0.4, 0.5) is 0 Å². The van der Waals surface area contributed by atoms with Gasteiger partial charge in [-0.15, -0.1) is 0 Å². The van der Waals surface area contributed by atoms with Crippen molar-refractivity contribution in [3.8, 4) is 0 Å². The molecule has 0 aromatic heterocycles. The van der Waals surface area contributed by atoms with E-state index in [2.05, 4.69) is 0 Å². The van der Waals surface area contributed by atoms with Gasteiger partial charge >= 0.3 is 5.54 Å². The fourth-order valence-electron chi connectivity index (χ4n) is 4.44. The zero-order valence-corrected chi connectivity index (χ0v) is 14.9. The van der Waals surface area contributed by atoms with Crippen molar-refractivity contribution in [1.29, 1.82) is 0 Å². The molecule has 10 heteroatoms. The molecule has 1 unspecified atom stereocenters. The minimum atomic E-state index is -2.28. The predicted molar refractivity (Wildman–Crippen MR) is 95.1 cm³/mol. The van der Waals surface area contributed by atoms with Gasteiger partial charge in [0.1, 0.15) is 12.5 Å². The van der Waals surface area contributed by atoms with Gasteiger partial charge in [0.25, 0.3) is 5.54 Å². The van der Waals surface area contributed by atoms with Crippen LogP contribution in [0.25, 0.3) is 0 Å². The van der Waals surface area contributed by atoms with Gasteiger partial charge in [-0.3, -0.25) is 29.8 Å². The Labute approximate surface area is 159 Å². The van der Waals surface area contributed by atoms with Crippen LogP contribution >= 0.6 is 0 Å². The van der Waals surface area contributed by atoms with E-state index in [-0.39, 0.29) is 31.8 Å². The average Bonchev–Trinajstić information content (AvgIpc) is 2.66. The van der Waals surface area contributed by atoms with Crippen molar-refractivity contribution in [2.75, 3.05) is 26.2 Å². The van der Waals surface area contributed by atoms with Crippen molar-refractivity contribution in [1.82, 2.24) is 0 Å². The summed E-state index contributed by atoms with van der Waals surface area (Å²) in [5.74, 6) is -2.76. The van der Waals surface area contributed by atoms with Crippen molar-refractivity contribution in [3.05, 3.63) is 68.3 Å². The molecule has 2 aliphatic rings. The largest absolute Gasteiger partial charge is 0.391 e. The van der Waals surface area contributed by atoms with Crippen LogP contribution in [-0.2, 0) is 4.79 Å². The van der Waals surface area contributed by atoms with Gasteiger partial charge in [-0.2, -0.15) is 0 Å². The predicted octanol–water partition coefficient (Wildman–Crippen LogP) is -1.06. The molecule has 0 amide bonds. The molecular formula is C18H20N3O7+. The molecule has 1 aromatic rings. The Morgan fingerprint density at radius 1 is 1.18 bits per heavy atom. The first-order valence-corrected chi connectivity index (χ1v) is 8.83. The standard InChI is InChI=1S/C18H19N3O7/c22-9-8-19-11-17(20(25)26)7-6-16(24)18(12-19,21(27)28)15(17)10-14(23)13-4-2-1-3-5-13/h1-7,15,22H,8-12H2/p+1/t15-,17-,18+/m0/s1. The normalized spacial score (nSPS) is 31.4. The minimum Gasteiger partial charge on any atom is -0.391 e. The van der Waals surface area contributed by atoms with Crippen LogP contribution < -0.4 is 4.90 Å². The molecule has 4 atom stereocenters. The molecule has 1 fully saturated rings. The number of hydrogen-bond acceptors (Lipinski definition) is 7. The molecule has 1 aromatic carbocycles. The van der Waals surface area contributed by atoms with E-state index in [1.54, 1.807) is 18.2 Å². The van der Waals surface area contributed by atoms with Crippen LogP contribution in [0, 0.1) is 26.1 Å². The summed E-state index contributed by atoms with van der Waals surface area (Å²) >= 11 is 0. The van der Waals surface area contributed by atoms with Crippen molar-refractivity contribution < 1.29 is 29.4 Å². The van der Waals surface area contributed by atoms with Crippen molar-refractivity contribution in [2.24, 2.45) is 5.92 Å². The number of rotatable bonds is 7. The summed E-state index contributed by atoms with van der Waals surface area (Å²) in [6.07, 6.45) is 1.51. The Morgan fingerprint density at radius 3 is 2.43 bits per heavy atom. The monoisotopic (exact) mass is 390 g/mol. The lowest BCUT2D eigenvalue weighted by molar-refractivity contribution is -0.943. The van der Waals surface area contributed by atoms with E-state index in [0.29, 0.717) is 4.90 Å². The fraction of sp³-hybridized carbons (Fsp3) is 0.444. The Morgan fingerprint density at radius 2 is 1.86 bits per heavy atom. The van der Waals surface area contributed by atoms with Gasteiger partial charge in [-0.1, -0.05) is 30.3 Å². The van der Waals surface area contributed by atoms with Gasteiger partial charge in [0.15, 0.2) is 18.9 Å². The number of aliphatic hydroxyl groups is 1. The van der Waals surface area contributed by atoms with Gasteiger partial charge in [-0.05, 0) is 6.08 Å². The van der Waals surface area contributed by atoms with Gasteiger partial charge in [0.05, 0.1) is 6.61 Å². The number of carbonyl (C=O) groups excluding carboxylic acids is 2. The van der Waals surface area contributed by atoms with Crippen LogP contribution in [0.1, 0.15) is 16.8 Å². The molecule has 0 saturated carbocycles. The van der Waals surface area contributed by atoms with Gasteiger partial charge in [0.2, 0.25) is 5.78 Å². The average molecular weight is 390 g/mol. The maximum absolute atomic E-state index is 12.8. The molecule has 2 N–H and O–H groups in total. The van der Waals surface area contributed by atoms with Crippen LogP contribution in [0.3, 0.4) is 0 Å². The maximum Gasteiger partial charge on any atom is 0.340 e. The molecule has 0 radical (unpaired) electrons. The number of nitro groups is 2. The number of quaternary nitrogens is 1. The number of likely N-dealkylation sites (tertiary alicyclic amines) is 1. The number of benzene rings is 1. The number of fused-ring (bicyclic) bond motifs is 2. The molecule has 1 aliphatic heterocycles. The second-order valence-corrected chi connectivity index (χ2v) is 7.25.